The molecule has 2 aliphatic rings. The third kappa shape index (κ3) is 4.81. The number of piperazine rings is 1. The number of aryl methyl sites for hydroxylation is 2. The number of benzene rings is 2. The van der Waals surface area contributed by atoms with E-state index in [-0.39, 0.29) is 5.91 Å². The van der Waals surface area contributed by atoms with Crippen LogP contribution in [-0.4, -0.2) is 55.0 Å². The minimum absolute atomic E-state index is 0.0848. The maximum absolute atomic E-state index is 13.3. The van der Waals surface area contributed by atoms with Crippen LogP contribution >= 0.6 is 0 Å². The molecule has 1 aliphatic heterocycles. The highest BCUT2D eigenvalue weighted by atomic mass is 16.5. The minimum atomic E-state index is 0.0848. The number of carbonyl (C=O) groups is 1. The number of methoxy groups -OCH3 is 1. The number of hydrogen-bond acceptors (Lipinski definition) is 4. The normalized spacial score (nSPS) is 18.1. The van der Waals surface area contributed by atoms with Gasteiger partial charge in [-0.2, -0.15) is 0 Å². The SMILES string of the molecule is COc1c(/C(C)=C/C(=O)N2CCN(C3CCCCC3)CC2)cc2c(-c3ccc(C)cc3)coc2c1C. The summed E-state index contributed by atoms with van der Waals surface area (Å²) in [4.78, 5) is 17.9. The molecular weight excluding hydrogens is 448 g/mol. The summed E-state index contributed by atoms with van der Waals surface area (Å²) in [6.07, 6.45) is 10.3. The molecule has 0 bridgehead atoms. The molecule has 5 heteroatoms. The zero-order chi connectivity index (χ0) is 25.2. The molecule has 5 rings (SSSR count). The Morgan fingerprint density at radius 3 is 2.39 bits per heavy atom. The lowest BCUT2D eigenvalue weighted by Crippen LogP contribution is -2.52. The van der Waals surface area contributed by atoms with Crippen LogP contribution < -0.4 is 4.74 Å². The van der Waals surface area contributed by atoms with E-state index in [0.29, 0.717) is 6.04 Å². The van der Waals surface area contributed by atoms with Crippen LogP contribution in [0.2, 0.25) is 0 Å². The van der Waals surface area contributed by atoms with E-state index in [1.165, 1.54) is 37.7 Å². The van der Waals surface area contributed by atoms with Gasteiger partial charge in [0.2, 0.25) is 5.91 Å². The molecule has 3 aromatic rings. The van der Waals surface area contributed by atoms with E-state index in [0.717, 1.165) is 70.7 Å². The number of carbonyl (C=O) groups excluding carboxylic acids is 1. The van der Waals surface area contributed by atoms with E-state index in [1.807, 2.05) is 25.0 Å². The van der Waals surface area contributed by atoms with Crippen molar-refractivity contribution >= 4 is 22.4 Å². The van der Waals surface area contributed by atoms with Crippen molar-refractivity contribution in [2.24, 2.45) is 0 Å². The second-order valence-corrected chi connectivity index (χ2v) is 10.5. The quantitative estimate of drug-likeness (QED) is 0.381. The van der Waals surface area contributed by atoms with Gasteiger partial charge in [0.1, 0.15) is 11.3 Å². The Balaban J connectivity index is 1.39. The van der Waals surface area contributed by atoms with Crippen LogP contribution in [0, 0.1) is 13.8 Å². The van der Waals surface area contributed by atoms with Gasteiger partial charge >= 0.3 is 0 Å². The van der Waals surface area contributed by atoms with Crippen molar-refractivity contribution < 1.29 is 13.9 Å². The molecule has 5 nitrogen and oxygen atoms in total. The summed E-state index contributed by atoms with van der Waals surface area (Å²) in [5.74, 6) is 0.845. The van der Waals surface area contributed by atoms with Crippen LogP contribution in [0.1, 0.15) is 55.7 Å². The summed E-state index contributed by atoms with van der Waals surface area (Å²) < 4.78 is 11.8. The molecule has 0 atom stereocenters. The van der Waals surface area contributed by atoms with Crippen molar-refractivity contribution in [1.82, 2.24) is 9.80 Å². The largest absolute Gasteiger partial charge is 0.496 e. The fraction of sp³-hybridized carbons (Fsp3) is 0.452. The number of furan rings is 1. The summed E-state index contributed by atoms with van der Waals surface area (Å²) in [5.41, 5.74) is 7.01. The molecule has 190 valence electrons. The molecule has 1 aliphatic carbocycles. The Labute approximate surface area is 214 Å². The topological polar surface area (TPSA) is 45.9 Å². The van der Waals surface area contributed by atoms with Crippen molar-refractivity contribution in [3.63, 3.8) is 0 Å². The second kappa shape index (κ2) is 10.5. The van der Waals surface area contributed by atoms with Gasteiger partial charge in [0.25, 0.3) is 0 Å². The molecule has 2 fully saturated rings. The summed E-state index contributed by atoms with van der Waals surface area (Å²) in [5, 5.41) is 1.04. The van der Waals surface area contributed by atoms with Crippen molar-refractivity contribution in [2.45, 2.75) is 58.9 Å². The van der Waals surface area contributed by atoms with Gasteiger partial charge in [0, 0.05) is 60.4 Å². The number of amides is 1. The molecule has 2 heterocycles. The molecular formula is C31H38N2O3. The Kier molecular flexibility index (Phi) is 7.20. The van der Waals surface area contributed by atoms with Crippen molar-refractivity contribution in [3.8, 4) is 16.9 Å². The first-order chi connectivity index (χ1) is 17.5. The number of ether oxygens (including phenoxy) is 1. The van der Waals surface area contributed by atoms with E-state index in [9.17, 15) is 4.79 Å². The van der Waals surface area contributed by atoms with E-state index in [1.54, 1.807) is 13.2 Å². The van der Waals surface area contributed by atoms with E-state index in [2.05, 4.69) is 42.2 Å². The number of fused-ring (bicyclic) bond motifs is 1. The molecule has 0 N–H and O–H groups in total. The molecule has 1 saturated carbocycles. The number of hydrogen-bond donors (Lipinski definition) is 0. The fourth-order valence-corrected chi connectivity index (χ4v) is 5.94. The Morgan fingerprint density at radius 2 is 1.72 bits per heavy atom. The van der Waals surface area contributed by atoms with Gasteiger partial charge in [0.05, 0.1) is 13.4 Å². The summed E-state index contributed by atoms with van der Waals surface area (Å²) in [6, 6.07) is 11.3. The standard InChI is InChI=1S/C31H38N2O3/c1-21-10-12-24(13-11-21)28-20-36-31-23(3)30(35-4)26(19-27(28)31)22(2)18-29(34)33-16-14-32(15-17-33)25-8-6-5-7-9-25/h10-13,18-20,25H,5-9,14-17H2,1-4H3/b22-18+. The van der Waals surface area contributed by atoms with Crippen LogP contribution in [0.3, 0.4) is 0 Å². The molecule has 0 spiro atoms. The summed E-state index contributed by atoms with van der Waals surface area (Å²) in [7, 11) is 1.68. The van der Waals surface area contributed by atoms with Crippen molar-refractivity contribution in [2.75, 3.05) is 33.3 Å². The van der Waals surface area contributed by atoms with Gasteiger partial charge in [-0.15, -0.1) is 0 Å². The van der Waals surface area contributed by atoms with Gasteiger partial charge in [-0.05, 0) is 50.8 Å². The molecule has 2 aromatic carbocycles. The third-order valence-corrected chi connectivity index (χ3v) is 8.09. The zero-order valence-electron chi connectivity index (χ0n) is 22.1. The predicted octanol–water partition coefficient (Wildman–Crippen LogP) is 6.61. The molecule has 0 radical (unpaired) electrons. The lowest BCUT2D eigenvalue weighted by atomic mass is 9.94. The highest BCUT2D eigenvalue weighted by Gasteiger charge is 2.27. The molecule has 0 unspecified atom stereocenters. The first-order valence-electron chi connectivity index (χ1n) is 13.3. The van der Waals surface area contributed by atoms with Crippen LogP contribution in [0.5, 0.6) is 5.75 Å². The van der Waals surface area contributed by atoms with Crippen LogP contribution in [0.15, 0.2) is 47.1 Å². The van der Waals surface area contributed by atoms with Crippen LogP contribution in [-0.2, 0) is 4.79 Å². The van der Waals surface area contributed by atoms with Crippen molar-refractivity contribution in [1.29, 1.82) is 0 Å². The van der Waals surface area contributed by atoms with E-state index in [4.69, 9.17) is 9.15 Å². The van der Waals surface area contributed by atoms with Crippen LogP contribution in [0.4, 0.5) is 0 Å². The molecule has 36 heavy (non-hydrogen) atoms. The Morgan fingerprint density at radius 1 is 1.03 bits per heavy atom. The highest BCUT2D eigenvalue weighted by Crippen LogP contribution is 2.40. The smallest absolute Gasteiger partial charge is 0.246 e. The zero-order valence-corrected chi connectivity index (χ0v) is 22.1. The molecule has 1 saturated heterocycles. The van der Waals surface area contributed by atoms with Gasteiger partial charge in [-0.1, -0.05) is 49.1 Å². The predicted molar refractivity (Wildman–Crippen MR) is 146 cm³/mol. The lowest BCUT2D eigenvalue weighted by molar-refractivity contribution is -0.128. The summed E-state index contributed by atoms with van der Waals surface area (Å²) >= 11 is 0. The second-order valence-electron chi connectivity index (χ2n) is 10.5. The summed E-state index contributed by atoms with van der Waals surface area (Å²) in [6.45, 7) is 9.67. The molecule has 1 aromatic heterocycles. The van der Waals surface area contributed by atoms with E-state index >= 15 is 0 Å². The highest BCUT2D eigenvalue weighted by molar-refractivity contribution is 6.01. The first-order valence-corrected chi connectivity index (χ1v) is 13.3. The van der Waals surface area contributed by atoms with E-state index < -0.39 is 0 Å². The fourth-order valence-electron chi connectivity index (χ4n) is 5.94. The number of allylic oxidation sites excluding steroid dienone is 1. The maximum atomic E-state index is 13.3. The number of rotatable bonds is 5. The average Bonchev–Trinajstić information content (AvgIpc) is 3.34. The van der Waals surface area contributed by atoms with Gasteiger partial charge in [-0.3, -0.25) is 9.69 Å². The molecule has 1 amide bonds. The van der Waals surface area contributed by atoms with Gasteiger partial charge < -0.3 is 14.1 Å². The average molecular weight is 487 g/mol. The first kappa shape index (κ1) is 24.6. The Hall–Kier alpha value is -3.05. The maximum Gasteiger partial charge on any atom is 0.246 e. The van der Waals surface area contributed by atoms with Crippen LogP contribution in [0.25, 0.3) is 27.7 Å². The van der Waals surface area contributed by atoms with Gasteiger partial charge in [-0.25, -0.2) is 0 Å². The monoisotopic (exact) mass is 486 g/mol. The van der Waals surface area contributed by atoms with Crippen molar-refractivity contribution in [3.05, 3.63) is 59.4 Å². The Bertz CT molecular complexity index is 1260. The number of nitrogens with zero attached hydrogens (tertiary/aromatic N) is 2. The van der Waals surface area contributed by atoms with Gasteiger partial charge in [0.15, 0.2) is 0 Å². The third-order valence-electron chi connectivity index (χ3n) is 8.09. The lowest BCUT2D eigenvalue weighted by Gasteiger charge is -2.40. The minimum Gasteiger partial charge on any atom is -0.496 e.